The number of hydrogen-bond acceptors (Lipinski definition) is 6. The van der Waals surface area contributed by atoms with Gasteiger partial charge in [-0.05, 0) is 37.6 Å². The number of pyridine rings is 1. The molecule has 0 aliphatic carbocycles. The number of hydrogen-bond donors (Lipinski definition) is 3. The van der Waals surface area contributed by atoms with Crippen molar-refractivity contribution in [3.8, 4) is 17.0 Å². The smallest absolute Gasteiger partial charge is 0.225 e. The van der Waals surface area contributed by atoms with Crippen LogP contribution in [-0.2, 0) is 0 Å². The Hall–Kier alpha value is -3.15. The van der Waals surface area contributed by atoms with E-state index in [4.69, 9.17) is 0 Å². The highest BCUT2D eigenvalue weighted by molar-refractivity contribution is 5.67. The summed E-state index contributed by atoms with van der Waals surface area (Å²) in [5.41, 5.74) is 2.44. The SMILES string of the molecule is CC[C@H](C)Nc1nc(Nc2cccc(O)c2)cc(-c2cccnc2)n1. The molecular weight excluding hydrogens is 314 g/mol. The molecule has 0 bridgehead atoms. The quantitative estimate of drug-likeness (QED) is 0.626. The van der Waals surface area contributed by atoms with E-state index in [-0.39, 0.29) is 11.8 Å². The number of aromatic hydroxyl groups is 1. The van der Waals surface area contributed by atoms with E-state index in [0.717, 1.165) is 23.4 Å². The Balaban J connectivity index is 1.97. The van der Waals surface area contributed by atoms with Crippen molar-refractivity contribution in [3.63, 3.8) is 0 Å². The molecule has 6 heteroatoms. The van der Waals surface area contributed by atoms with Gasteiger partial charge in [0, 0.05) is 41.8 Å². The summed E-state index contributed by atoms with van der Waals surface area (Å²) >= 11 is 0. The summed E-state index contributed by atoms with van der Waals surface area (Å²) in [5.74, 6) is 1.40. The molecule has 0 aliphatic heterocycles. The Morgan fingerprint density at radius 1 is 1.12 bits per heavy atom. The van der Waals surface area contributed by atoms with Crippen molar-refractivity contribution in [3.05, 3.63) is 54.9 Å². The summed E-state index contributed by atoms with van der Waals surface area (Å²) in [6.45, 7) is 4.19. The summed E-state index contributed by atoms with van der Waals surface area (Å²) in [4.78, 5) is 13.3. The number of phenols is 1. The van der Waals surface area contributed by atoms with E-state index < -0.39 is 0 Å². The van der Waals surface area contributed by atoms with E-state index in [1.807, 2.05) is 24.3 Å². The van der Waals surface area contributed by atoms with Gasteiger partial charge in [0.1, 0.15) is 11.6 Å². The number of rotatable bonds is 6. The van der Waals surface area contributed by atoms with Gasteiger partial charge in [0.15, 0.2) is 0 Å². The molecule has 0 saturated carbocycles. The van der Waals surface area contributed by atoms with E-state index in [9.17, 15) is 5.11 Å². The molecule has 6 nitrogen and oxygen atoms in total. The Morgan fingerprint density at radius 3 is 2.72 bits per heavy atom. The fourth-order valence-electron chi connectivity index (χ4n) is 2.29. The second kappa shape index (κ2) is 7.61. The van der Waals surface area contributed by atoms with Crippen molar-refractivity contribution in [2.75, 3.05) is 10.6 Å². The third kappa shape index (κ3) is 4.44. The first-order chi connectivity index (χ1) is 12.1. The van der Waals surface area contributed by atoms with Gasteiger partial charge in [0.25, 0.3) is 0 Å². The number of nitrogens with one attached hydrogen (secondary N) is 2. The van der Waals surface area contributed by atoms with Crippen LogP contribution in [0.15, 0.2) is 54.9 Å². The minimum absolute atomic E-state index is 0.199. The molecule has 0 unspecified atom stereocenters. The molecule has 1 aromatic carbocycles. The molecule has 0 saturated heterocycles. The monoisotopic (exact) mass is 335 g/mol. The molecule has 1 atom stereocenters. The molecule has 25 heavy (non-hydrogen) atoms. The molecule has 0 aliphatic rings. The average Bonchev–Trinajstić information content (AvgIpc) is 2.62. The molecule has 3 aromatic rings. The zero-order valence-electron chi connectivity index (χ0n) is 14.3. The van der Waals surface area contributed by atoms with Gasteiger partial charge >= 0.3 is 0 Å². The van der Waals surface area contributed by atoms with E-state index >= 15 is 0 Å². The highest BCUT2D eigenvalue weighted by Crippen LogP contribution is 2.24. The maximum atomic E-state index is 9.64. The fourth-order valence-corrected chi connectivity index (χ4v) is 2.29. The lowest BCUT2D eigenvalue weighted by molar-refractivity contribution is 0.475. The van der Waals surface area contributed by atoms with Crippen LogP contribution in [0.2, 0.25) is 0 Å². The number of anilines is 3. The van der Waals surface area contributed by atoms with Crippen LogP contribution in [0.1, 0.15) is 20.3 Å². The van der Waals surface area contributed by atoms with E-state index in [1.54, 1.807) is 30.6 Å². The van der Waals surface area contributed by atoms with Crippen molar-refractivity contribution in [2.45, 2.75) is 26.3 Å². The molecule has 3 N–H and O–H groups in total. The predicted molar refractivity (Wildman–Crippen MR) is 100 cm³/mol. The number of benzene rings is 1. The first kappa shape index (κ1) is 16.7. The Kier molecular flexibility index (Phi) is 5.09. The second-order valence-corrected chi connectivity index (χ2v) is 5.83. The van der Waals surface area contributed by atoms with Crippen LogP contribution in [-0.4, -0.2) is 26.1 Å². The van der Waals surface area contributed by atoms with Gasteiger partial charge in [0.2, 0.25) is 5.95 Å². The zero-order valence-corrected chi connectivity index (χ0v) is 14.3. The Labute approximate surface area is 147 Å². The lowest BCUT2D eigenvalue weighted by Crippen LogP contribution is -2.16. The number of nitrogens with zero attached hydrogens (tertiary/aromatic N) is 3. The summed E-state index contributed by atoms with van der Waals surface area (Å²) in [5, 5.41) is 16.2. The molecule has 128 valence electrons. The van der Waals surface area contributed by atoms with Gasteiger partial charge in [-0.1, -0.05) is 13.0 Å². The van der Waals surface area contributed by atoms with Crippen molar-refractivity contribution in [1.82, 2.24) is 15.0 Å². The lowest BCUT2D eigenvalue weighted by atomic mass is 10.2. The molecule has 3 rings (SSSR count). The Morgan fingerprint density at radius 2 is 2.00 bits per heavy atom. The minimum atomic E-state index is 0.199. The van der Waals surface area contributed by atoms with Gasteiger partial charge in [-0.25, -0.2) is 4.98 Å². The average molecular weight is 335 g/mol. The second-order valence-electron chi connectivity index (χ2n) is 5.83. The summed E-state index contributed by atoms with van der Waals surface area (Å²) in [6, 6.07) is 12.9. The lowest BCUT2D eigenvalue weighted by Gasteiger charge is -2.14. The predicted octanol–water partition coefficient (Wildman–Crippen LogP) is 4.20. The molecule has 2 aromatic heterocycles. The van der Waals surface area contributed by atoms with Gasteiger partial charge in [-0.2, -0.15) is 4.98 Å². The molecule has 0 radical (unpaired) electrons. The fraction of sp³-hybridized carbons (Fsp3) is 0.211. The van der Waals surface area contributed by atoms with Crippen LogP contribution in [0.4, 0.5) is 17.5 Å². The maximum Gasteiger partial charge on any atom is 0.225 e. The van der Waals surface area contributed by atoms with Crippen LogP contribution in [0.3, 0.4) is 0 Å². The molecule has 2 heterocycles. The number of aromatic nitrogens is 3. The first-order valence-corrected chi connectivity index (χ1v) is 8.26. The first-order valence-electron chi connectivity index (χ1n) is 8.26. The molecule has 0 fully saturated rings. The third-order valence-corrected chi connectivity index (χ3v) is 3.79. The van der Waals surface area contributed by atoms with E-state index in [0.29, 0.717) is 11.8 Å². The molecule has 0 amide bonds. The summed E-state index contributed by atoms with van der Waals surface area (Å²) < 4.78 is 0. The van der Waals surface area contributed by atoms with Crippen molar-refractivity contribution in [1.29, 1.82) is 0 Å². The van der Waals surface area contributed by atoms with Crippen LogP contribution in [0.25, 0.3) is 11.3 Å². The van der Waals surface area contributed by atoms with E-state index in [1.165, 1.54) is 0 Å². The largest absolute Gasteiger partial charge is 0.508 e. The van der Waals surface area contributed by atoms with Crippen LogP contribution >= 0.6 is 0 Å². The minimum Gasteiger partial charge on any atom is -0.508 e. The van der Waals surface area contributed by atoms with Crippen LogP contribution in [0, 0.1) is 0 Å². The molecule has 0 spiro atoms. The van der Waals surface area contributed by atoms with Crippen molar-refractivity contribution >= 4 is 17.5 Å². The zero-order chi connectivity index (χ0) is 17.6. The van der Waals surface area contributed by atoms with Crippen molar-refractivity contribution in [2.24, 2.45) is 0 Å². The maximum absolute atomic E-state index is 9.64. The van der Waals surface area contributed by atoms with Gasteiger partial charge in [-0.15, -0.1) is 0 Å². The topological polar surface area (TPSA) is 83.0 Å². The van der Waals surface area contributed by atoms with Crippen molar-refractivity contribution < 1.29 is 5.11 Å². The van der Waals surface area contributed by atoms with Gasteiger partial charge in [0.05, 0.1) is 5.69 Å². The summed E-state index contributed by atoms with van der Waals surface area (Å²) in [6.07, 6.45) is 4.47. The van der Waals surface area contributed by atoms with Crippen LogP contribution in [0.5, 0.6) is 5.75 Å². The highest BCUT2D eigenvalue weighted by Gasteiger charge is 2.09. The Bertz CT molecular complexity index is 838. The number of phenolic OH excluding ortho intramolecular Hbond substituents is 1. The summed E-state index contributed by atoms with van der Waals surface area (Å²) in [7, 11) is 0. The van der Waals surface area contributed by atoms with Gasteiger partial charge < -0.3 is 15.7 Å². The standard InChI is InChI=1S/C19H21N5O/c1-3-13(2)21-19-23-17(14-6-5-9-20-12-14)11-18(24-19)22-15-7-4-8-16(25)10-15/h4-13,25H,3H2,1-2H3,(H2,21,22,23,24)/t13-/m0/s1. The molecular formula is C19H21N5O. The highest BCUT2D eigenvalue weighted by atomic mass is 16.3. The normalized spacial score (nSPS) is 11.8. The van der Waals surface area contributed by atoms with E-state index in [2.05, 4.69) is 39.4 Å². The third-order valence-electron chi connectivity index (χ3n) is 3.79. The van der Waals surface area contributed by atoms with Crippen LogP contribution < -0.4 is 10.6 Å². The van der Waals surface area contributed by atoms with Gasteiger partial charge in [-0.3, -0.25) is 4.98 Å².